The van der Waals surface area contributed by atoms with Gasteiger partial charge in [-0.15, -0.1) is 0 Å². The molecule has 0 radical (unpaired) electrons. The fraction of sp³-hybridized carbons (Fsp3) is 0.500. The number of piperidine rings is 1. The van der Waals surface area contributed by atoms with Gasteiger partial charge in [-0.2, -0.15) is 4.31 Å². The fourth-order valence-corrected chi connectivity index (χ4v) is 6.17. The van der Waals surface area contributed by atoms with E-state index in [4.69, 9.17) is 16.3 Å². The summed E-state index contributed by atoms with van der Waals surface area (Å²) in [5.74, 6) is -0.310. The topological polar surface area (TPSA) is 87.2 Å². The van der Waals surface area contributed by atoms with Crippen LogP contribution in [0.2, 0.25) is 5.02 Å². The maximum atomic E-state index is 13.7. The molecule has 1 saturated heterocycles. The molecule has 0 bridgehead atoms. The van der Waals surface area contributed by atoms with Crippen molar-refractivity contribution in [3.8, 4) is 0 Å². The third-order valence-electron chi connectivity index (χ3n) is 6.79. The lowest BCUT2D eigenvalue weighted by atomic mass is 10.0. The van der Waals surface area contributed by atoms with E-state index < -0.39 is 10.0 Å². The van der Waals surface area contributed by atoms with E-state index in [1.165, 1.54) is 11.4 Å². The quantitative estimate of drug-likeness (QED) is 0.390. The Morgan fingerprint density at radius 3 is 2.26 bits per heavy atom. The highest BCUT2D eigenvalue weighted by Crippen LogP contribution is 2.22. The minimum Gasteiger partial charge on any atom is -0.383 e. The van der Waals surface area contributed by atoms with Crippen LogP contribution < -0.4 is 0 Å². The fourth-order valence-electron chi connectivity index (χ4n) is 4.61. The van der Waals surface area contributed by atoms with E-state index in [1.807, 2.05) is 48.2 Å². The van der Waals surface area contributed by atoms with Gasteiger partial charge in [0.2, 0.25) is 15.9 Å². The van der Waals surface area contributed by atoms with Crippen LogP contribution in [0.5, 0.6) is 0 Å². The SMILES string of the molecule is CCCS(=O)(=O)N(CCOC)CC(=O)N(Cc1ccc(Cl)cc1)C1CCN(C(=O)c2ccc(C)cc2)CC1. The van der Waals surface area contributed by atoms with Gasteiger partial charge in [0.1, 0.15) is 0 Å². The van der Waals surface area contributed by atoms with Crippen molar-refractivity contribution >= 4 is 33.4 Å². The maximum absolute atomic E-state index is 13.7. The van der Waals surface area contributed by atoms with Crippen LogP contribution in [0.25, 0.3) is 0 Å². The number of hydrogen-bond donors (Lipinski definition) is 0. The number of halogens is 1. The van der Waals surface area contributed by atoms with Crippen LogP contribution in [-0.2, 0) is 26.1 Å². The Balaban J connectivity index is 1.77. The molecule has 2 aromatic rings. The average Bonchev–Trinajstić information content (AvgIpc) is 2.90. The molecule has 1 fully saturated rings. The summed E-state index contributed by atoms with van der Waals surface area (Å²) in [6.45, 7) is 5.21. The zero-order chi connectivity index (χ0) is 27.7. The van der Waals surface area contributed by atoms with Crippen LogP contribution in [0, 0.1) is 6.92 Å². The normalized spacial score (nSPS) is 14.6. The second kappa shape index (κ2) is 14.1. The standard InChI is InChI=1S/C28H38ClN3O5S/c1-4-19-38(35,36)31(17-18-37-3)21-27(33)32(20-23-7-11-25(29)12-8-23)26-13-15-30(16-14-26)28(34)24-9-5-22(2)6-10-24/h5-12,26H,4,13-21H2,1-3H3. The smallest absolute Gasteiger partial charge is 0.253 e. The Morgan fingerprint density at radius 2 is 1.68 bits per heavy atom. The minimum absolute atomic E-state index is 0.0181. The molecular weight excluding hydrogens is 526 g/mol. The van der Waals surface area contributed by atoms with Gasteiger partial charge in [-0.25, -0.2) is 8.42 Å². The van der Waals surface area contributed by atoms with E-state index in [0.717, 1.165) is 11.1 Å². The Morgan fingerprint density at radius 1 is 1.05 bits per heavy atom. The third kappa shape index (κ3) is 8.27. The summed E-state index contributed by atoms with van der Waals surface area (Å²) in [5.41, 5.74) is 2.65. The number of rotatable bonds is 12. The Kier molecular flexibility index (Phi) is 11.1. The van der Waals surface area contributed by atoms with Gasteiger partial charge in [0.05, 0.1) is 18.9 Å². The van der Waals surface area contributed by atoms with E-state index in [-0.39, 0.29) is 43.3 Å². The van der Waals surface area contributed by atoms with Gasteiger partial charge in [0, 0.05) is 49.9 Å². The summed E-state index contributed by atoms with van der Waals surface area (Å²) in [6.07, 6.45) is 1.68. The molecule has 3 rings (SSSR count). The largest absolute Gasteiger partial charge is 0.383 e. The summed E-state index contributed by atoms with van der Waals surface area (Å²) in [6, 6.07) is 14.7. The molecule has 8 nitrogen and oxygen atoms in total. The summed E-state index contributed by atoms with van der Waals surface area (Å²) >= 11 is 6.06. The molecule has 1 heterocycles. The summed E-state index contributed by atoms with van der Waals surface area (Å²) in [5, 5.41) is 0.603. The van der Waals surface area contributed by atoms with Gasteiger partial charge >= 0.3 is 0 Å². The van der Waals surface area contributed by atoms with Crippen molar-refractivity contribution in [2.45, 2.75) is 45.7 Å². The number of aryl methyl sites for hydroxylation is 1. The molecule has 0 saturated carbocycles. The molecule has 208 valence electrons. The number of carbonyl (C=O) groups is 2. The maximum Gasteiger partial charge on any atom is 0.253 e. The van der Waals surface area contributed by atoms with Crippen molar-refractivity contribution < 1.29 is 22.7 Å². The van der Waals surface area contributed by atoms with Gasteiger partial charge in [0.15, 0.2) is 0 Å². The second-order valence-corrected chi connectivity index (χ2v) is 12.2. The number of ether oxygens (including phenoxy) is 1. The number of nitrogens with zero attached hydrogens (tertiary/aromatic N) is 3. The first-order valence-corrected chi connectivity index (χ1v) is 15.0. The molecule has 0 aliphatic carbocycles. The zero-order valence-corrected chi connectivity index (χ0v) is 24.0. The number of carbonyl (C=O) groups excluding carboxylic acids is 2. The average molecular weight is 564 g/mol. The number of amides is 2. The molecule has 2 amide bonds. The first-order chi connectivity index (χ1) is 18.1. The summed E-state index contributed by atoms with van der Waals surface area (Å²) < 4.78 is 32.1. The van der Waals surface area contributed by atoms with Gasteiger partial charge < -0.3 is 14.5 Å². The van der Waals surface area contributed by atoms with Crippen molar-refractivity contribution in [1.82, 2.24) is 14.1 Å². The van der Waals surface area contributed by atoms with E-state index in [0.29, 0.717) is 49.5 Å². The van der Waals surface area contributed by atoms with Crippen molar-refractivity contribution in [3.05, 3.63) is 70.2 Å². The monoisotopic (exact) mass is 563 g/mol. The van der Waals surface area contributed by atoms with E-state index in [1.54, 1.807) is 24.0 Å². The highest BCUT2D eigenvalue weighted by Gasteiger charge is 2.32. The molecule has 0 N–H and O–H groups in total. The van der Waals surface area contributed by atoms with Crippen LogP contribution in [0.15, 0.2) is 48.5 Å². The van der Waals surface area contributed by atoms with Gasteiger partial charge in [-0.3, -0.25) is 9.59 Å². The van der Waals surface area contributed by atoms with Crippen LogP contribution in [0.4, 0.5) is 0 Å². The van der Waals surface area contributed by atoms with Crippen molar-refractivity contribution in [1.29, 1.82) is 0 Å². The molecule has 1 aliphatic heterocycles. The lowest BCUT2D eigenvalue weighted by molar-refractivity contribution is -0.135. The zero-order valence-electron chi connectivity index (χ0n) is 22.4. The molecule has 0 spiro atoms. The highest BCUT2D eigenvalue weighted by molar-refractivity contribution is 7.89. The summed E-state index contributed by atoms with van der Waals surface area (Å²) in [4.78, 5) is 30.3. The molecular formula is C28H38ClN3O5S. The molecule has 10 heteroatoms. The van der Waals surface area contributed by atoms with Gasteiger partial charge in [-0.05, 0) is 56.0 Å². The number of benzene rings is 2. The van der Waals surface area contributed by atoms with Crippen molar-refractivity contribution in [2.75, 3.05) is 45.6 Å². The van der Waals surface area contributed by atoms with Crippen molar-refractivity contribution in [2.24, 2.45) is 0 Å². The van der Waals surface area contributed by atoms with E-state index in [2.05, 4.69) is 0 Å². The number of hydrogen-bond acceptors (Lipinski definition) is 5. The van der Waals surface area contributed by atoms with Gasteiger partial charge in [0.25, 0.3) is 5.91 Å². The van der Waals surface area contributed by atoms with Crippen LogP contribution in [0.1, 0.15) is 47.7 Å². The van der Waals surface area contributed by atoms with Gasteiger partial charge in [-0.1, -0.05) is 48.4 Å². The predicted molar refractivity (Wildman–Crippen MR) is 150 cm³/mol. The molecule has 1 aliphatic rings. The first kappa shape index (κ1) is 30.1. The molecule has 2 aromatic carbocycles. The Labute approximate surface area is 231 Å². The van der Waals surface area contributed by atoms with E-state index in [9.17, 15) is 18.0 Å². The van der Waals surface area contributed by atoms with Crippen molar-refractivity contribution in [3.63, 3.8) is 0 Å². The van der Waals surface area contributed by atoms with Crippen LogP contribution in [0.3, 0.4) is 0 Å². The lowest BCUT2D eigenvalue weighted by Crippen LogP contribution is -2.51. The predicted octanol–water partition coefficient (Wildman–Crippen LogP) is 3.97. The molecule has 0 unspecified atom stereocenters. The minimum atomic E-state index is -3.60. The van der Waals surface area contributed by atoms with Crippen LogP contribution >= 0.6 is 11.6 Å². The van der Waals surface area contributed by atoms with E-state index >= 15 is 0 Å². The molecule has 0 atom stereocenters. The third-order valence-corrected chi connectivity index (χ3v) is 9.06. The first-order valence-electron chi connectivity index (χ1n) is 13.0. The number of likely N-dealkylation sites (tertiary alicyclic amines) is 1. The lowest BCUT2D eigenvalue weighted by Gasteiger charge is -2.39. The molecule has 0 aromatic heterocycles. The number of sulfonamides is 1. The second-order valence-electron chi connectivity index (χ2n) is 9.68. The number of methoxy groups -OCH3 is 1. The highest BCUT2D eigenvalue weighted by atomic mass is 35.5. The Hall–Kier alpha value is -2.46. The van der Waals surface area contributed by atoms with Crippen LogP contribution in [-0.4, -0.2) is 86.0 Å². The summed E-state index contributed by atoms with van der Waals surface area (Å²) in [7, 11) is -2.10. The molecule has 38 heavy (non-hydrogen) atoms. The Bertz CT molecular complexity index is 1160.